The van der Waals surface area contributed by atoms with Gasteiger partial charge in [-0.15, -0.1) is 0 Å². The van der Waals surface area contributed by atoms with Gasteiger partial charge < -0.3 is 21.1 Å². The first kappa shape index (κ1) is 15.0. The Balaban J connectivity index is 2.57. The van der Waals surface area contributed by atoms with Gasteiger partial charge in [-0.2, -0.15) is 0 Å². The molecule has 0 aliphatic rings. The summed E-state index contributed by atoms with van der Waals surface area (Å²) in [5.41, 5.74) is 10.9. The van der Waals surface area contributed by atoms with Gasteiger partial charge in [-0.3, -0.25) is 9.59 Å². The van der Waals surface area contributed by atoms with Crippen LogP contribution in [-0.2, 0) is 4.79 Å². The first-order chi connectivity index (χ1) is 9.06. The number of likely N-dealkylation sites (N-methyl/N-ethyl adjacent to an activating group) is 1. The van der Waals surface area contributed by atoms with Crippen LogP contribution >= 0.6 is 0 Å². The number of amides is 2. The van der Waals surface area contributed by atoms with Crippen LogP contribution in [0.3, 0.4) is 0 Å². The minimum atomic E-state index is -0.584. The Morgan fingerprint density at radius 1 is 1.32 bits per heavy atom. The quantitative estimate of drug-likeness (QED) is 0.723. The normalized spacial score (nSPS) is 10.0. The predicted octanol–water partition coefficient (Wildman–Crippen LogP) is -0.0285. The van der Waals surface area contributed by atoms with Crippen molar-refractivity contribution >= 4 is 11.8 Å². The molecule has 0 heterocycles. The van der Waals surface area contributed by atoms with Crippen molar-refractivity contribution in [2.75, 3.05) is 26.7 Å². The van der Waals surface area contributed by atoms with Crippen LogP contribution in [-0.4, -0.2) is 43.5 Å². The molecule has 6 heteroatoms. The number of para-hydroxylation sites is 1. The molecule has 6 nitrogen and oxygen atoms in total. The second kappa shape index (κ2) is 7.38. The van der Waals surface area contributed by atoms with Crippen molar-refractivity contribution in [2.45, 2.75) is 6.42 Å². The van der Waals surface area contributed by atoms with Crippen molar-refractivity contribution in [3.8, 4) is 5.75 Å². The minimum Gasteiger partial charge on any atom is -0.483 e. The van der Waals surface area contributed by atoms with Crippen molar-refractivity contribution < 1.29 is 14.3 Å². The van der Waals surface area contributed by atoms with Crippen LogP contribution in [0.25, 0.3) is 0 Å². The van der Waals surface area contributed by atoms with Gasteiger partial charge in [0.15, 0.2) is 6.61 Å². The number of carbonyl (C=O) groups excluding carboxylic acids is 2. The molecule has 0 aliphatic carbocycles. The molecule has 19 heavy (non-hydrogen) atoms. The molecule has 104 valence electrons. The Bertz CT molecular complexity index is 449. The smallest absolute Gasteiger partial charge is 0.260 e. The van der Waals surface area contributed by atoms with Gasteiger partial charge in [0.25, 0.3) is 11.8 Å². The molecule has 0 saturated heterocycles. The number of nitrogens with zero attached hydrogens (tertiary/aromatic N) is 1. The largest absolute Gasteiger partial charge is 0.483 e. The van der Waals surface area contributed by atoms with Gasteiger partial charge in [0.2, 0.25) is 0 Å². The summed E-state index contributed by atoms with van der Waals surface area (Å²) < 4.78 is 5.34. The third-order valence-electron chi connectivity index (χ3n) is 2.63. The summed E-state index contributed by atoms with van der Waals surface area (Å²) in [6, 6.07) is 6.56. The van der Waals surface area contributed by atoms with Crippen LogP contribution in [0.4, 0.5) is 0 Å². The zero-order valence-corrected chi connectivity index (χ0v) is 11.0. The van der Waals surface area contributed by atoms with Crippen molar-refractivity contribution in [2.24, 2.45) is 11.5 Å². The lowest BCUT2D eigenvalue weighted by Gasteiger charge is -2.17. The molecule has 0 spiro atoms. The van der Waals surface area contributed by atoms with Gasteiger partial charge in [0, 0.05) is 13.6 Å². The summed E-state index contributed by atoms with van der Waals surface area (Å²) in [4.78, 5) is 24.5. The Labute approximate surface area is 112 Å². The molecular formula is C13H19N3O3. The molecule has 0 aromatic heterocycles. The Kier molecular flexibility index (Phi) is 5.81. The number of hydrogen-bond acceptors (Lipinski definition) is 4. The van der Waals surface area contributed by atoms with Crippen LogP contribution < -0.4 is 16.2 Å². The highest BCUT2D eigenvalue weighted by molar-refractivity contribution is 5.95. The highest BCUT2D eigenvalue weighted by Gasteiger charge is 2.12. The molecule has 0 fully saturated rings. The molecular weight excluding hydrogens is 246 g/mol. The van der Waals surface area contributed by atoms with E-state index >= 15 is 0 Å². The average molecular weight is 265 g/mol. The second-order valence-corrected chi connectivity index (χ2v) is 4.11. The fourth-order valence-electron chi connectivity index (χ4n) is 1.50. The van der Waals surface area contributed by atoms with Crippen molar-refractivity contribution in [1.29, 1.82) is 0 Å². The van der Waals surface area contributed by atoms with Crippen LogP contribution in [0, 0.1) is 0 Å². The number of ether oxygens (including phenoxy) is 1. The summed E-state index contributed by atoms with van der Waals surface area (Å²) in [7, 11) is 1.68. The molecule has 0 bridgehead atoms. The van der Waals surface area contributed by atoms with E-state index in [1.54, 1.807) is 36.2 Å². The third kappa shape index (κ3) is 4.59. The molecule has 0 saturated carbocycles. The van der Waals surface area contributed by atoms with Crippen molar-refractivity contribution in [3.63, 3.8) is 0 Å². The first-order valence-electron chi connectivity index (χ1n) is 6.02. The summed E-state index contributed by atoms with van der Waals surface area (Å²) in [6.45, 7) is 0.977. The Morgan fingerprint density at radius 2 is 2.00 bits per heavy atom. The zero-order valence-electron chi connectivity index (χ0n) is 11.0. The lowest BCUT2D eigenvalue weighted by atomic mass is 10.2. The third-order valence-corrected chi connectivity index (χ3v) is 2.63. The number of primary amides is 1. The van der Waals surface area contributed by atoms with Gasteiger partial charge in [0.05, 0.1) is 5.56 Å². The number of benzene rings is 1. The lowest BCUT2D eigenvalue weighted by Crippen LogP contribution is -2.33. The van der Waals surface area contributed by atoms with Crippen LogP contribution in [0.2, 0.25) is 0 Å². The Morgan fingerprint density at radius 3 is 2.63 bits per heavy atom. The molecule has 1 aromatic rings. The van der Waals surface area contributed by atoms with Gasteiger partial charge in [-0.1, -0.05) is 12.1 Å². The minimum absolute atomic E-state index is 0.134. The molecule has 4 N–H and O–H groups in total. The molecule has 1 rings (SSSR count). The maximum Gasteiger partial charge on any atom is 0.260 e. The lowest BCUT2D eigenvalue weighted by molar-refractivity contribution is -0.132. The molecule has 0 unspecified atom stereocenters. The fourth-order valence-corrected chi connectivity index (χ4v) is 1.50. The summed E-state index contributed by atoms with van der Waals surface area (Å²) in [6.07, 6.45) is 0.736. The number of hydrogen-bond donors (Lipinski definition) is 2. The topological polar surface area (TPSA) is 98.7 Å². The monoisotopic (exact) mass is 265 g/mol. The van der Waals surface area contributed by atoms with Gasteiger partial charge >= 0.3 is 0 Å². The second-order valence-electron chi connectivity index (χ2n) is 4.11. The number of nitrogens with two attached hydrogens (primary N) is 2. The van der Waals surface area contributed by atoms with E-state index in [2.05, 4.69) is 0 Å². The summed E-state index contributed by atoms with van der Waals surface area (Å²) in [5.74, 6) is -0.442. The van der Waals surface area contributed by atoms with E-state index in [4.69, 9.17) is 16.2 Å². The summed E-state index contributed by atoms with van der Waals surface area (Å²) in [5, 5.41) is 0. The van der Waals surface area contributed by atoms with E-state index in [9.17, 15) is 9.59 Å². The molecule has 0 radical (unpaired) electrons. The molecule has 1 aromatic carbocycles. The average Bonchev–Trinajstić information content (AvgIpc) is 2.42. The highest BCUT2D eigenvalue weighted by atomic mass is 16.5. The van der Waals surface area contributed by atoms with Crippen molar-refractivity contribution in [1.82, 2.24) is 4.90 Å². The van der Waals surface area contributed by atoms with Crippen LogP contribution in [0.5, 0.6) is 5.75 Å². The molecule has 2 amide bonds. The van der Waals surface area contributed by atoms with Gasteiger partial charge in [0.1, 0.15) is 5.75 Å². The maximum atomic E-state index is 11.7. The first-order valence-corrected chi connectivity index (χ1v) is 6.02. The van der Waals surface area contributed by atoms with Gasteiger partial charge in [-0.25, -0.2) is 0 Å². The standard InChI is InChI=1S/C13H19N3O3/c1-16(8-4-7-14)12(17)9-19-11-6-3-2-5-10(11)13(15)18/h2-3,5-6H,4,7-9,14H2,1H3,(H2,15,18). The summed E-state index contributed by atoms with van der Waals surface area (Å²) >= 11 is 0. The zero-order chi connectivity index (χ0) is 14.3. The van der Waals surface area contributed by atoms with E-state index in [0.717, 1.165) is 6.42 Å². The van der Waals surface area contributed by atoms with E-state index in [1.807, 2.05) is 0 Å². The molecule has 0 aliphatic heterocycles. The maximum absolute atomic E-state index is 11.7. The number of rotatable bonds is 7. The van der Waals surface area contributed by atoms with E-state index in [1.165, 1.54) is 0 Å². The van der Waals surface area contributed by atoms with Gasteiger partial charge in [-0.05, 0) is 25.1 Å². The van der Waals surface area contributed by atoms with Crippen LogP contribution in [0.1, 0.15) is 16.8 Å². The molecule has 0 atom stereocenters. The fraction of sp³-hybridized carbons (Fsp3) is 0.385. The van der Waals surface area contributed by atoms with Crippen molar-refractivity contribution in [3.05, 3.63) is 29.8 Å². The number of carbonyl (C=O) groups is 2. The predicted molar refractivity (Wildman–Crippen MR) is 71.8 cm³/mol. The van der Waals surface area contributed by atoms with E-state index in [0.29, 0.717) is 18.8 Å². The van der Waals surface area contributed by atoms with Crippen LogP contribution in [0.15, 0.2) is 24.3 Å². The highest BCUT2D eigenvalue weighted by Crippen LogP contribution is 2.17. The van der Waals surface area contributed by atoms with E-state index in [-0.39, 0.29) is 18.1 Å². The van der Waals surface area contributed by atoms with E-state index < -0.39 is 5.91 Å². The Hall–Kier alpha value is -2.08. The SMILES string of the molecule is CN(CCCN)C(=O)COc1ccccc1C(N)=O.